The molecular weight excluding hydrogens is 528 g/mol. The molecule has 0 spiro atoms. The molecule has 42 heavy (non-hydrogen) atoms. The second-order valence-electron chi connectivity index (χ2n) is 11.4. The van der Waals surface area contributed by atoms with Gasteiger partial charge in [0.2, 0.25) is 5.91 Å². The molecule has 1 aliphatic heterocycles. The first kappa shape index (κ1) is 31.0. The number of benzene rings is 2. The molecule has 8 heteroatoms. The smallest absolute Gasteiger partial charge is 0.326 e. The van der Waals surface area contributed by atoms with Gasteiger partial charge in [0, 0.05) is 25.3 Å². The minimum absolute atomic E-state index is 0.299. The molecular formula is C34H44N4O4. The molecule has 1 aromatic heterocycles. The van der Waals surface area contributed by atoms with Crippen LogP contribution < -0.4 is 15.4 Å². The second-order valence-corrected chi connectivity index (χ2v) is 11.4. The SMILES string of the molecule is CC(C)(C(=O)N[C@@H](CCN(CCCCc1ccc2c(n1)NCCC2)CCOc1ccccc1)C(=O)O)c1ccccc1. The van der Waals surface area contributed by atoms with E-state index in [0.29, 0.717) is 26.1 Å². The van der Waals surface area contributed by atoms with Crippen LogP contribution in [0, 0.1) is 0 Å². The Morgan fingerprint density at radius 3 is 2.48 bits per heavy atom. The summed E-state index contributed by atoms with van der Waals surface area (Å²) in [6, 6.07) is 22.5. The van der Waals surface area contributed by atoms with Crippen molar-refractivity contribution in [1.29, 1.82) is 0 Å². The van der Waals surface area contributed by atoms with Gasteiger partial charge in [-0.3, -0.25) is 9.69 Å². The number of carbonyl (C=O) groups is 2. The Morgan fingerprint density at radius 1 is 1.00 bits per heavy atom. The third kappa shape index (κ3) is 9.05. The maximum atomic E-state index is 13.2. The van der Waals surface area contributed by atoms with E-state index in [-0.39, 0.29) is 5.91 Å². The number of aromatic nitrogens is 1. The normalized spacial score (nSPS) is 13.6. The number of carboxylic acid groups (broad SMARTS) is 1. The fraction of sp³-hybridized carbons (Fsp3) is 0.441. The van der Waals surface area contributed by atoms with Crippen molar-refractivity contribution in [2.75, 3.05) is 38.1 Å². The number of fused-ring (bicyclic) bond motifs is 1. The van der Waals surface area contributed by atoms with Gasteiger partial charge in [-0.1, -0.05) is 54.6 Å². The van der Waals surface area contributed by atoms with Gasteiger partial charge in [-0.05, 0) is 88.2 Å². The third-order valence-electron chi connectivity index (χ3n) is 7.93. The molecule has 3 N–H and O–H groups in total. The van der Waals surface area contributed by atoms with E-state index in [1.54, 1.807) is 0 Å². The number of amides is 1. The lowest BCUT2D eigenvalue weighted by atomic mass is 9.83. The van der Waals surface area contributed by atoms with E-state index in [2.05, 4.69) is 27.7 Å². The number of unbranched alkanes of at least 4 members (excludes halogenated alkanes) is 1. The number of hydrogen-bond donors (Lipinski definition) is 3. The highest BCUT2D eigenvalue weighted by Crippen LogP contribution is 2.24. The van der Waals surface area contributed by atoms with Gasteiger partial charge in [0.25, 0.3) is 0 Å². The van der Waals surface area contributed by atoms with Crippen molar-refractivity contribution in [3.63, 3.8) is 0 Å². The van der Waals surface area contributed by atoms with Gasteiger partial charge < -0.3 is 20.5 Å². The topological polar surface area (TPSA) is 104 Å². The monoisotopic (exact) mass is 572 g/mol. The van der Waals surface area contributed by atoms with Crippen LogP contribution in [0.1, 0.15) is 56.4 Å². The number of carboxylic acids is 1. The Balaban J connectivity index is 1.32. The summed E-state index contributed by atoms with van der Waals surface area (Å²) in [5.41, 5.74) is 2.38. The highest BCUT2D eigenvalue weighted by Gasteiger charge is 2.33. The molecule has 8 nitrogen and oxygen atoms in total. The fourth-order valence-electron chi connectivity index (χ4n) is 5.19. The largest absolute Gasteiger partial charge is 0.492 e. The van der Waals surface area contributed by atoms with Crippen LogP contribution in [0.4, 0.5) is 5.82 Å². The second kappa shape index (κ2) is 15.4. The summed E-state index contributed by atoms with van der Waals surface area (Å²) < 4.78 is 5.93. The average molecular weight is 573 g/mol. The van der Waals surface area contributed by atoms with E-state index < -0.39 is 17.4 Å². The summed E-state index contributed by atoms with van der Waals surface area (Å²) in [5, 5.41) is 16.2. The van der Waals surface area contributed by atoms with Gasteiger partial charge in [-0.15, -0.1) is 0 Å². The zero-order valence-corrected chi connectivity index (χ0v) is 24.9. The number of rotatable bonds is 16. The highest BCUT2D eigenvalue weighted by atomic mass is 16.5. The predicted octanol–water partition coefficient (Wildman–Crippen LogP) is 5.08. The molecule has 1 amide bonds. The number of carbonyl (C=O) groups excluding carboxylic acids is 1. The number of aryl methyl sites for hydroxylation is 2. The lowest BCUT2D eigenvalue weighted by Gasteiger charge is -2.28. The fourth-order valence-corrected chi connectivity index (χ4v) is 5.19. The average Bonchev–Trinajstić information content (AvgIpc) is 3.01. The molecule has 0 aliphatic carbocycles. The van der Waals surface area contributed by atoms with Gasteiger partial charge >= 0.3 is 5.97 Å². The van der Waals surface area contributed by atoms with Crippen LogP contribution >= 0.6 is 0 Å². The van der Waals surface area contributed by atoms with Gasteiger partial charge in [-0.25, -0.2) is 9.78 Å². The van der Waals surface area contributed by atoms with Crippen LogP contribution in [0.5, 0.6) is 5.75 Å². The summed E-state index contributed by atoms with van der Waals surface area (Å²) in [4.78, 5) is 32.4. The highest BCUT2D eigenvalue weighted by molar-refractivity contribution is 5.90. The summed E-state index contributed by atoms with van der Waals surface area (Å²) in [6.45, 7) is 7.10. The van der Waals surface area contributed by atoms with E-state index >= 15 is 0 Å². The van der Waals surface area contributed by atoms with Gasteiger partial charge in [0.1, 0.15) is 24.2 Å². The number of ether oxygens (including phenoxy) is 1. The van der Waals surface area contributed by atoms with Crippen LogP contribution in [0.25, 0.3) is 0 Å². The van der Waals surface area contributed by atoms with Crippen LogP contribution in [-0.4, -0.2) is 65.7 Å². The van der Waals surface area contributed by atoms with E-state index in [0.717, 1.165) is 68.0 Å². The lowest BCUT2D eigenvalue weighted by Crippen LogP contribution is -2.49. The molecule has 2 aromatic carbocycles. The Hall–Kier alpha value is -3.91. The van der Waals surface area contributed by atoms with Crippen molar-refractivity contribution in [3.05, 3.63) is 89.6 Å². The number of aliphatic carboxylic acids is 1. The van der Waals surface area contributed by atoms with Crippen molar-refractivity contribution in [1.82, 2.24) is 15.2 Å². The number of nitrogens with zero attached hydrogens (tertiary/aromatic N) is 2. The molecule has 224 valence electrons. The molecule has 0 bridgehead atoms. The Bertz CT molecular complexity index is 1280. The van der Waals surface area contributed by atoms with Crippen molar-refractivity contribution in [2.24, 2.45) is 0 Å². The van der Waals surface area contributed by atoms with Crippen molar-refractivity contribution in [2.45, 2.75) is 63.8 Å². The van der Waals surface area contributed by atoms with Crippen molar-refractivity contribution >= 4 is 17.7 Å². The summed E-state index contributed by atoms with van der Waals surface area (Å²) in [6.07, 6.45) is 5.35. The zero-order valence-electron chi connectivity index (χ0n) is 24.9. The molecule has 3 aromatic rings. The van der Waals surface area contributed by atoms with Gasteiger partial charge in [0.15, 0.2) is 0 Å². The van der Waals surface area contributed by atoms with E-state index in [1.165, 1.54) is 5.56 Å². The minimum Gasteiger partial charge on any atom is -0.492 e. The first-order valence-corrected chi connectivity index (χ1v) is 15.0. The molecule has 1 aliphatic rings. The molecule has 0 saturated carbocycles. The summed E-state index contributed by atoms with van der Waals surface area (Å²) in [5.74, 6) is 0.505. The molecule has 0 radical (unpaired) electrons. The Labute approximate surface area is 249 Å². The molecule has 0 saturated heterocycles. The van der Waals surface area contributed by atoms with E-state index in [4.69, 9.17) is 9.72 Å². The van der Waals surface area contributed by atoms with Crippen LogP contribution in [0.2, 0.25) is 0 Å². The maximum absolute atomic E-state index is 13.2. The van der Waals surface area contributed by atoms with Crippen LogP contribution in [0.3, 0.4) is 0 Å². The molecule has 0 fully saturated rings. The van der Waals surface area contributed by atoms with Gasteiger partial charge in [-0.2, -0.15) is 0 Å². The Kier molecular flexibility index (Phi) is 11.3. The number of nitrogens with one attached hydrogen (secondary N) is 2. The summed E-state index contributed by atoms with van der Waals surface area (Å²) in [7, 11) is 0. The first-order valence-electron chi connectivity index (χ1n) is 15.0. The minimum atomic E-state index is -1.03. The molecule has 0 unspecified atom stereocenters. The quantitative estimate of drug-likeness (QED) is 0.206. The molecule has 1 atom stereocenters. The first-order chi connectivity index (χ1) is 20.3. The lowest BCUT2D eigenvalue weighted by molar-refractivity contribution is -0.142. The predicted molar refractivity (Wildman–Crippen MR) is 166 cm³/mol. The molecule has 4 rings (SSSR count). The van der Waals surface area contributed by atoms with Gasteiger partial charge in [0.05, 0.1) is 5.41 Å². The molecule has 2 heterocycles. The van der Waals surface area contributed by atoms with Crippen molar-refractivity contribution < 1.29 is 19.4 Å². The standard InChI is InChI=1S/C34H44N4O4/c1-34(2,27-13-5-3-6-14-27)33(41)37-30(32(39)40)20-23-38(24-25-42-29-16-7-4-8-17-29)22-10-9-15-28-19-18-26-12-11-21-35-31(26)36-28/h3-8,13-14,16-19,30H,9-12,15,20-25H2,1-2H3,(H,35,36)(H,37,41)(H,39,40)/t30-/m0/s1. The number of para-hydroxylation sites is 1. The van der Waals surface area contributed by atoms with Crippen LogP contribution in [0.15, 0.2) is 72.8 Å². The maximum Gasteiger partial charge on any atom is 0.326 e. The number of anilines is 1. The Morgan fingerprint density at radius 2 is 1.74 bits per heavy atom. The zero-order chi connectivity index (χ0) is 29.8. The van der Waals surface area contributed by atoms with Crippen molar-refractivity contribution in [3.8, 4) is 5.75 Å². The summed E-state index contributed by atoms with van der Waals surface area (Å²) >= 11 is 0. The third-order valence-corrected chi connectivity index (χ3v) is 7.93. The number of hydrogen-bond acceptors (Lipinski definition) is 6. The van der Waals surface area contributed by atoms with E-state index in [9.17, 15) is 14.7 Å². The van der Waals surface area contributed by atoms with Crippen LogP contribution in [-0.2, 0) is 27.8 Å². The van der Waals surface area contributed by atoms with E-state index in [1.807, 2.05) is 74.5 Å². The number of pyridine rings is 1.